The third kappa shape index (κ3) is 2.62. The van der Waals surface area contributed by atoms with E-state index in [0.717, 1.165) is 6.07 Å². The molecule has 0 aliphatic heterocycles. The molecule has 4 nitrogen and oxygen atoms in total. The smallest absolute Gasteiger partial charge is 0.352 e. The van der Waals surface area contributed by atoms with Gasteiger partial charge in [0.1, 0.15) is 11.3 Å². The van der Waals surface area contributed by atoms with E-state index in [2.05, 4.69) is 5.32 Å². The van der Waals surface area contributed by atoms with E-state index in [9.17, 15) is 22.8 Å². The first kappa shape index (κ1) is 12.3. The van der Waals surface area contributed by atoms with Gasteiger partial charge in [-0.05, 0) is 19.1 Å². The highest BCUT2D eigenvalue weighted by Gasteiger charge is 2.32. The van der Waals surface area contributed by atoms with Crippen molar-refractivity contribution in [2.45, 2.75) is 13.1 Å². The summed E-state index contributed by atoms with van der Waals surface area (Å²) in [6, 6.07) is 1.51. The Bertz CT molecular complexity index is 451. The van der Waals surface area contributed by atoms with Gasteiger partial charge in [0.15, 0.2) is 0 Å². The lowest BCUT2D eigenvalue weighted by molar-refractivity contribution is -0.141. The number of hydrogen-bond donors (Lipinski definition) is 2. The number of pyridine rings is 1. The van der Waals surface area contributed by atoms with Crippen LogP contribution in [0.4, 0.5) is 13.2 Å². The number of carbonyl (C=O) groups excluding carboxylic acids is 1. The molecule has 0 aliphatic carbocycles. The number of aromatic amines is 1. The van der Waals surface area contributed by atoms with Crippen LogP contribution >= 0.6 is 0 Å². The molecule has 7 heteroatoms. The van der Waals surface area contributed by atoms with E-state index in [4.69, 9.17) is 0 Å². The molecule has 0 spiro atoms. The Hall–Kier alpha value is -1.79. The minimum atomic E-state index is -4.63. The van der Waals surface area contributed by atoms with E-state index in [-0.39, 0.29) is 5.56 Å². The molecule has 0 radical (unpaired) electrons. The molecule has 0 unspecified atom stereocenters. The van der Waals surface area contributed by atoms with Crippen LogP contribution in [0.3, 0.4) is 0 Å². The standard InChI is InChI=1S/C9H9F3N2O2/c1-2-13-7(15)5-3-4-6(9(10,11)12)14-8(5)16/h3-4H,2H2,1H3,(H,13,15)(H,14,16). The second kappa shape index (κ2) is 4.38. The predicted molar refractivity (Wildman–Crippen MR) is 50.1 cm³/mol. The number of carbonyl (C=O) groups is 1. The monoisotopic (exact) mass is 234 g/mol. The fraction of sp³-hybridized carbons (Fsp3) is 0.333. The van der Waals surface area contributed by atoms with Crippen molar-refractivity contribution < 1.29 is 18.0 Å². The summed E-state index contributed by atoms with van der Waals surface area (Å²) in [6.07, 6.45) is -4.63. The third-order valence-electron chi connectivity index (χ3n) is 1.80. The third-order valence-corrected chi connectivity index (χ3v) is 1.80. The Kier molecular flexibility index (Phi) is 3.36. The van der Waals surface area contributed by atoms with Crippen LogP contribution in [0.2, 0.25) is 0 Å². The second-order valence-corrected chi connectivity index (χ2v) is 2.97. The molecule has 0 aromatic carbocycles. The van der Waals surface area contributed by atoms with Crippen LogP contribution in [0, 0.1) is 0 Å². The van der Waals surface area contributed by atoms with E-state index in [1.54, 1.807) is 11.9 Å². The van der Waals surface area contributed by atoms with Gasteiger partial charge in [-0.15, -0.1) is 0 Å². The Labute approximate surface area is 88.5 Å². The normalized spacial score (nSPS) is 11.2. The Morgan fingerprint density at radius 1 is 1.44 bits per heavy atom. The number of aromatic nitrogens is 1. The van der Waals surface area contributed by atoms with Crippen LogP contribution in [-0.2, 0) is 6.18 Å². The summed E-state index contributed by atoms with van der Waals surface area (Å²) < 4.78 is 36.5. The van der Waals surface area contributed by atoms with Crippen molar-refractivity contribution in [1.82, 2.24) is 10.3 Å². The molecule has 0 saturated heterocycles. The van der Waals surface area contributed by atoms with Crippen LogP contribution in [0.1, 0.15) is 23.0 Å². The van der Waals surface area contributed by atoms with Gasteiger partial charge in [-0.2, -0.15) is 13.2 Å². The number of halogens is 3. The van der Waals surface area contributed by atoms with Gasteiger partial charge in [-0.25, -0.2) is 0 Å². The lowest BCUT2D eigenvalue weighted by Crippen LogP contribution is -2.30. The first-order valence-electron chi connectivity index (χ1n) is 4.45. The molecule has 0 atom stereocenters. The van der Waals surface area contributed by atoms with E-state index in [1.807, 2.05) is 0 Å². The molecule has 0 fully saturated rings. The van der Waals surface area contributed by atoms with Crippen LogP contribution < -0.4 is 10.9 Å². The number of amides is 1. The molecule has 0 aliphatic rings. The molecule has 88 valence electrons. The molecule has 1 rings (SSSR count). The number of alkyl halides is 3. The maximum absolute atomic E-state index is 12.2. The number of rotatable bonds is 2. The summed E-state index contributed by atoms with van der Waals surface area (Å²) in [5, 5.41) is 2.32. The van der Waals surface area contributed by atoms with Crippen LogP contribution in [-0.4, -0.2) is 17.4 Å². The minimum Gasteiger partial charge on any atom is -0.352 e. The largest absolute Gasteiger partial charge is 0.431 e. The van der Waals surface area contributed by atoms with Crippen LogP contribution in [0.5, 0.6) is 0 Å². The summed E-state index contributed by atoms with van der Waals surface area (Å²) in [5.41, 5.74) is -2.57. The second-order valence-electron chi connectivity index (χ2n) is 2.97. The SMILES string of the molecule is CCNC(=O)c1ccc(C(F)(F)F)[nH]c1=O. The number of H-pyrrole nitrogens is 1. The number of hydrogen-bond acceptors (Lipinski definition) is 2. The van der Waals surface area contributed by atoms with Gasteiger partial charge in [-0.3, -0.25) is 9.59 Å². The first-order valence-corrected chi connectivity index (χ1v) is 4.45. The average molecular weight is 234 g/mol. The quantitative estimate of drug-likeness (QED) is 0.806. The number of nitrogens with one attached hydrogen (secondary N) is 2. The summed E-state index contributed by atoms with van der Waals surface area (Å²) >= 11 is 0. The lowest BCUT2D eigenvalue weighted by atomic mass is 10.2. The van der Waals surface area contributed by atoms with Crippen molar-refractivity contribution in [2.24, 2.45) is 0 Å². The van der Waals surface area contributed by atoms with Gasteiger partial charge < -0.3 is 10.3 Å². The van der Waals surface area contributed by atoms with Crippen LogP contribution in [0.15, 0.2) is 16.9 Å². The molecular weight excluding hydrogens is 225 g/mol. The highest BCUT2D eigenvalue weighted by Crippen LogP contribution is 2.26. The Morgan fingerprint density at radius 2 is 2.06 bits per heavy atom. The van der Waals surface area contributed by atoms with Gasteiger partial charge in [0.25, 0.3) is 11.5 Å². The molecule has 0 bridgehead atoms. The summed E-state index contributed by atoms with van der Waals surface area (Å²) in [5.74, 6) is -0.697. The highest BCUT2D eigenvalue weighted by molar-refractivity contribution is 5.93. The summed E-state index contributed by atoms with van der Waals surface area (Å²) in [7, 11) is 0. The molecular formula is C9H9F3N2O2. The molecule has 1 aromatic heterocycles. The van der Waals surface area contributed by atoms with E-state index >= 15 is 0 Å². The maximum atomic E-state index is 12.2. The van der Waals surface area contributed by atoms with Gasteiger partial charge >= 0.3 is 6.18 Å². The average Bonchev–Trinajstić information content (AvgIpc) is 2.16. The summed E-state index contributed by atoms with van der Waals surface area (Å²) in [4.78, 5) is 24.0. The van der Waals surface area contributed by atoms with Crippen LogP contribution in [0.25, 0.3) is 0 Å². The van der Waals surface area contributed by atoms with Crippen molar-refractivity contribution in [3.63, 3.8) is 0 Å². The Morgan fingerprint density at radius 3 is 2.50 bits per heavy atom. The van der Waals surface area contributed by atoms with Gasteiger partial charge in [0.2, 0.25) is 0 Å². The van der Waals surface area contributed by atoms with E-state index in [1.165, 1.54) is 0 Å². The predicted octanol–water partition coefficient (Wildman–Crippen LogP) is 1.14. The Balaban J connectivity index is 3.11. The van der Waals surface area contributed by atoms with E-state index in [0.29, 0.717) is 12.6 Å². The van der Waals surface area contributed by atoms with Gasteiger partial charge in [0, 0.05) is 6.54 Å². The molecule has 1 aromatic rings. The topological polar surface area (TPSA) is 62.0 Å². The summed E-state index contributed by atoms with van der Waals surface area (Å²) in [6.45, 7) is 1.93. The van der Waals surface area contributed by atoms with Crippen molar-refractivity contribution in [2.75, 3.05) is 6.54 Å². The molecule has 1 heterocycles. The molecule has 16 heavy (non-hydrogen) atoms. The van der Waals surface area contributed by atoms with Crippen molar-refractivity contribution in [3.05, 3.63) is 33.7 Å². The van der Waals surface area contributed by atoms with Gasteiger partial charge in [-0.1, -0.05) is 0 Å². The molecule has 1 amide bonds. The molecule has 0 saturated carbocycles. The zero-order valence-electron chi connectivity index (χ0n) is 8.31. The van der Waals surface area contributed by atoms with Gasteiger partial charge in [0.05, 0.1) is 0 Å². The lowest BCUT2D eigenvalue weighted by Gasteiger charge is -2.07. The minimum absolute atomic E-state index is 0.291. The highest BCUT2D eigenvalue weighted by atomic mass is 19.4. The zero-order valence-corrected chi connectivity index (χ0v) is 8.31. The fourth-order valence-corrected chi connectivity index (χ4v) is 1.07. The molecule has 2 N–H and O–H groups in total. The fourth-order valence-electron chi connectivity index (χ4n) is 1.07. The van der Waals surface area contributed by atoms with Crippen molar-refractivity contribution in [1.29, 1.82) is 0 Å². The first-order chi connectivity index (χ1) is 7.36. The maximum Gasteiger partial charge on any atom is 0.431 e. The zero-order chi connectivity index (χ0) is 12.3. The van der Waals surface area contributed by atoms with Crippen molar-refractivity contribution >= 4 is 5.91 Å². The van der Waals surface area contributed by atoms with Crippen molar-refractivity contribution in [3.8, 4) is 0 Å². The van der Waals surface area contributed by atoms with E-state index < -0.39 is 23.3 Å².